The van der Waals surface area contributed by atoms with Crippen LogP contribution in [0.4, 0.5) is 0 Å². The maximum atomic E-state index is 9.12. The maximum Gasteiger partial charge on any atom is 0.126 e. The van der Waals surface area contributed by atoms with E-state index in [-0.39, 0.29) is 6.10 Å². The van der Waals surface area contributed by atoms with Crippen molar-refractivity contribution in [3.05, 3.63) is 29.3 Å². The van der Waals surface area contributed by atoms with Crippen molar-refractivity contribution in [1.82, 2.24) is 0 Å². The van der Waals surface area contributed by atoms with Crippen molar-refractivity contribution in [3.8, 4) is 5.75 Å². The third-order valence-corrected chi connectivity index (χ3v) is 2.30. The minimum absolute atomic E-state index is 0.324. The fraction of sp³-hybridized carbons (Fsp3) is 0.500. The largest absolute Gasteiger partial charge is 0.493 e. The van der Waals surface area contributed by atoms with Crippen LogP contribution in [-0.2, 0) is 6.54 Å². The number of para-hydroxylation sites is 1. The monoisotopic (exact) mass is 209 g/mol. The van der Waals surface area contributed by atoms with Crippen LogP contribution in [0.1, 0.15) is 24.5 Å². The highest BCUT2D eigenvalue weighted by molar-refractivity contribution is 5.40. The number of rotatable bonds is 5. The van der Waals surface area contributed by atoms with Crippen LogP contribution in [0.25, 0.3) is 0 Å². The summed E-state index contributed by atoms with van der Waals surface area (Å²) < 4.78 is 5.63. The van der Waals surface area contributed by atoms with Crippen molar-refractivity contribution >= 4 is 0 Å². The lowest BCUT2D eigenvalue weighted by molar-refractivity contribution is 0.155. The van der Waals surface area contributed by atoms with E-state index in [9.17, 15) is 0 Å². The summed E-state index contributed by atoms with van der Waals surface area (Å²) >= 11 is 0. The minimum Gasteiger partial charge on any atom is -0.493 e. The van der Waals surface area contributed by atoms with E-state index in [4.69, 9.17) is 15.6 Å². The Morgan fingerprint density at radius 3 is 2.80 bits per heavy atom. The van der Waals surface area contributed by atoms with Gasteiger partial charge in [0.25, 0.3) is 0 Å². The Bertz CT molecular complexity index is 310. The van der Waals surface area contributed by atoms with Crippen LogP contribution in [0.3, 0.4) is 0 Å². The molecule has 0 radical (unpaired) electrons. The quantitative estimate of drug-likeness (QED) is 0.774. The summed E-state index contributed by atoms with van der Waals surface area (Å²) in [5.74, 6) is 0.862. The molecule has 0 fully saturated rings. The lowest BCUT2D eigenvalue weighted by atomic mass is 10.1. The molecule has 3 N–H and O–H groups in total. The second-order valence-electron chi connectivity index (χ2n) is 3.75. The van der Waals surface area contributed by atoms with E-state index in [1.165, 1.54) is 0 Å². The first-order valence-corrected chi connectivity index (χ1v) is 5.24. The molecule has 0 heterocycles. The molecule has 1 aromatic carbocycles. The fourth-order valence-corrected chi connectivity index (χ4v) is 1.41. The van der Waals surface area contributed by atoms with E-state index in [1.54, 1.807) is 6.92 Å². The van der Waals surface area contributed by atoms with Gasteiger partial charge in [0.2, 0.25) is 0 Å². The van der Waals surface area contributed by atoms with Gasteiger partial charge >= 0.3 is 0 Å². The fourth-order valence-electron chi connectivity index (χ4n) is 1.41. The molecule has 0 spiro atoms. The van der Waals surface area contributed by atoms with E-state index < -0.39 is 0 Å². The van der Waals surface area contributed by atoms with Gasteiger partial charge in [0.05, 0.1) is 12.7 Å². The van der Waals surface area contributed by atoms with Gasteiger partial charge in [-0.05, 0) is 19.4 Å². The molecular weight excluding hydrogens is 190 g/mol. The molecular formula is C12H19NO2. The summed E-state index contributed by atoms with van der Waals surface area (Å²) in [5, 5.41) is 9.12. The number of aliphatic hydroxyl groups is 1. The van der Waals surface area contributed by atoms with E-state index in [0.29, 0.717) is 19.6 Å². The van der Waals surface area contributed by atoms with Crippen LogP contribution < -0.4 is 10.5 Å². The van der Waals surface area contributed by atoms with E-state index in [1.807, 2.05) is 25.1 Å². The van der Waals surface area contributed by atoms with Gasteiger partial charge in [0, 0.05) is 18.5 Å². The lowest BCUT2D eigenvalue weighted by Gasteiger charge is -2.13. The normalized spacial score (nSPS) is 12.5. The highest BCUT2D eigenvalue weighted by Crippen LogP contribution is 2.23. The van der Waals surface area contributed by atoms with Crippen molar-refractivity contribution in [2.75, 3.05) is 6.61 Å². The molecule has 15 heavy (non-hydrogen) atoms. The zero-order valence-corrected chi connectivity index (χ0v) is 9.36. The Hall–Kier alpha value is -1.06. The Labute approximate surface area is 90.9 Å². The number of aryl methyl sites for hydroxylation is 1. The second-order valence-corrected chi connectivity index (χ2v) is 3.75. The van der Waals surface area contributed by atoms with Gasteiger partial charge in [0.1, 0.15) is 5.75 Å². The number of aliphatic hydroxyl groups excluding tert-OH is 1. The van der Waals surface area contributed by atoms with Crippen molar-refractivity contribution in [2.24, 2.45) is 5.73 Å². The van der Waals surface area contributed by atoms with Crippen molar-refractivity contribution in [3.63, 3.8) is 0 Å². The van der Waals surface area contributed by atoms with Crippen LogP contribution in [-0.4, -0.2) is 17.8 Å². The highest BCUT2D eigenvalue weighted by atomic mass is 16.5. The minimum atomic E-state index is -0.324. The van der Waals surface area contributed by atoms with Crippen molar-refractivity contribution in [2.45, 2.75) is 32.9 Å². The van der Waals surface area contributed by atoms with E-state index >= 15 is 0 Å². The van der Waals surface area contributed by atoms with Gasteiger partial charge in [-0.25, -0.2) is 0 Å². The van der Waals surface area contributed by atoms with Gasteiger partial charge in [0.15, 0.2) is 0 Å². The van der Waals surface area contributed by atoms with Gasteiger partial charge < -0.3 is 15.6 Å². The number of hydrogen-bond acceptors (Lipinski definition) is 3. The summed E-state index contributed by atoms with van der Waals surface area (Å²) in [6.45, 7) is 4.75. The third-order valence-electron chi connectivity index (χ3n) is 2.30. The number of ether oxygens (including phenoxy) is 1. The van der Waals surface area contributed by atoms with Gasteiger partial charge in [-0.1, -0.05) is 18.2 Å². The van der Waals surface area contributed by atoms with Crippen LogP contribution in [0.15, 0.2) is 18.2 Å². The van der Waals surface area contributed by atoms with Crippen LogP contribution in [0.2, 0.25) is 0 Å². The molecule has 1 aromatic rings. The molecule has 0 amide bonds. The van der Waals surface area contributed by atoms with Crippen molar-refractivity contribution < 1.29 is 9.84 Å². The molecule has 0 aliphatic carbocycles. The first kappa shape index (κ1) is 12.0. The predicted octanol–water partition coefficient (Wildman–Crippen LogP) is 1.60. The van der Waals surface area contributed by atoms with Gasteiger partial charge in [-0.3, -0.25) is 0 Å². The molecule has 1 unspecified atom stereocenters. The number of benzene rings is 1. The van der Waals surface area contributed by atoms with Gasteiger partial charge in [-0.15, -0.1) is 0 Å². The van der Waals surface area contributed by atoms with Crippen LogP contribution in [0.5, 0.6) is 5.75 Å². The zero-order valence-electron chi connectivity index (χ0n) is 9.36. The average Bonchev–Trinajstić information content (AvgIpc) is 2.20. The molecule has 3 heteroatoms. The lowest BCUT2D eigenvalue weighted by Crippen LogP contribution is -2.10. The van der Waals surface area contributed by atoms with Crippen LogP contribution in [0, 0.1) is 6.92 Å². The van der Waals surface area contributed by atoms with E-state index in [0.717, 1.165) is 16.9 Å². The maximum absolute atomic E-state index is 9.12. The smallest absolute Gasteiger partial charge is 0.126 e. The summed E-state index contributed by atoms with van der Waals surface area (Å²) in [6, 6.07) is 5.93. The molecule has 0 saturated carbocycles. The highest BCUT2D eigenvalue weighted by Gasteiger charge is 2.05. The molecule has 0 aromatic heterocycles. The number of hydrogen-bond donors (Lipinski definition) is 2. The average molecular weight is 209 g/mol. The molecule has 0 saturated heterocycles. The number of nitrogens with two attached hydrogens (primary N) is 1. The SMILES string of the molecule is Cc1cccc(CN)c1OCCC(C)O. The third kappa shape index (κ3) is 3.53. The first-order valence-electron chi connectivity index (χ1n) is 5.24. The second kappa shape index (κ2) is 5.73. The van der Waals surface area contributed by atoms with Gasteiger partial charge in [-0.2, -0.15) is 0 Å². The predicted molar refractivity (Wildman–Crippen MR) is 60.9 cm³/mol. The summed E-state index contributed by atoms with van der Waals surface area (Å²) in [4.78, 5) is 0. The molecule has 1 rings (SSSR count). The Balaban J connectivity index is 2.66. The Morgan fingerprint density at radius 1 is 1.47 bits per heavy atom. The summed E-state index contributed by atoms with van der Waals surface area (Å²) in [6.07, 6.45) is 0.313. The zero-order chi connectivity index (χ0) is 11.3. The molecule has 84 valence electrons. The van der Waals surface area contributed by atoms with Crippen LogP contribution >= 0.6 is 0 Å². The molecule has 0 aliphatic heterocycles. The topological polar surface area (TPSA) is 55.5 Å². The molecule has 3 nitrogen and oxygen atoms in total. The first-order chi connectivity index (χ1) is 7.15. The standard InChI is InChI=1S/C12H19NO2/c1-9-4-3-5-11(8-13)12(9)15-7-6-10(2)14/h3-5,10,14H,6-8,13H2,1-2H3. The molecule has 0 bridgehead atoms. The Morgan fingerprint density at radius 2 is 2.20 bits per heavy atom. The van der Waals surface area contributed by atoms with Crippen molar-refractivity contribution in [1.29, 1.82) is 0 Å². The Kier molecular flexibility index (Phi) is 4.59. The summed E-state index contributed by atoms with van der Waals surface area (Å²) in [5.41, 5.74) is 7.72. The van der Waals surface area contributed by atoms with E-state index in [2.05, 4.69) is 0 Å². The molecule has 0 aliphatic rings. The molecule has 1 atom stereocenters. The summed E-state index contributed by atoms with van der Waals surface area (Å²) in [7, 11) is 0.